The zero-order valence-electron chi connectivity index (χ0n) is 10.3. The molecule has 5 nitrogen and oxygen atoms in total. The molecule has 1 aliphatic rings. The molecule has 1 aromatic carbocycles. The summed E-state index contributed by atoms with van der Waals surface area (Å²) in [5.41, 5.74) is 1.15. The number of anilines is 1. The van der Waals surface area contributed by atoms with Gasteiger partial charge in [0.15, 0.2) is 0 Å². The Kier molecular flexibility index (Phi) is 3.47. The molecular formula is C13H15N3O2. The Balaban J connectivity index is 2.30. The molecule has 5 heteroatoms. The normalized spacial score (nSPS) is 14.0. The first-order valence-electron chi connectivity index (χ1n) is 6.09. The third kappa shape index (κ3) is 2.59. The molecule has 1 aromatic rings. The molecule has 1 fully saturated rings. The summed E-state index contributed by atoms with van der Waals surface area (Å²) in [7, 11) is 0. The van der Waals surface area contributed by atoms with Gasteiger partial charge in [-0.15, -0.1) is 0 Å². The van der Waals surface area contributed by atoms with E-state index in [0.29, 0.717) is 11.5 Å². The number of nitro benzene ring substituents is 1. The highest BCUT2D eigenvalue weighted by atomic mass is 16.6. The Morgan fingerprint density at radius 1 is 1.56 bits per heavy atom. The Hall–Kier alpha value is -2.09. The lowest BCUT2D eigenvalue weighted by molar-refractivity contribution is -0.384. The fraction of sp³-hybridized carbons (Fsp3) is 0.462. The summed E-state index contributed by atoms with van der Waals surface area (Å²) >= 11 is 0. The van der Waals surface area contributed by atoms with Gasteiger partial charge in [-0.1, -0.05) is 0 Å². The van der Waals surface area contributed by atoms with Gasteiger partial charge >= 0.3 is 0 Å². The SMILES string of the molecule is CCN(CC1CC1)c1ccc([N+](=O)[O-])cc1C#N. The number of nitro groups is 1. The fourth-order valence-corrected chi connectivity index (χ4v) is 2.01. The molecule has 1 aliphatic carbocycles. The Morgan fingerprint density at radius 3 is 2.78 bits per heavy atom. The average Bonchev–Trinajstić information content (AvgIpc) is 3.19. The molecule has 0 aliphatic heterocycles. The molecule has 1 saturated carbocycles. The van der Waals surface area contributed by atoms with E-state index in [4.69, 9.17) is 5.26 Å². The van der Waals surface area contributed by atoms with Gasteiger partial charge in [0.1, 0.15) is 6.07 Å². The summed E-state index contributed by atoms with van der Waals surface area (Å²) in [6.07, 6.45) is 2.48. The van der Waals surface area contributed by atoms with E-state index in [0.717, 1.165) is 18.8 Å². The van der Waals surface area contributed by atoms with Gasteiger partial charge in [0.2, 0.25) is 0 Å². The first kappa shape index (κ1) is 12.4. The number of benzene rings is 1. The lowest BCUT2D eigenvalue weighted by atomic mass is 10.1. The highest BCUT2D eigenvalue weighted by Crippen LogP contribution is 2.33. The zero-order chi connectivity index (χ0) is 13.1. The van der Waals surface area contributed by atoms with E-state index < -0.39 is 4.92 Å². The van der Waals surface area contributed by atoms with Crippen molar-refractivity contribution in [1.82, 2.24) is 0 Å². The second-order valence-electron chi connectivity index (χ2n) is 4.55. The van der Waals surface area contributed by atoms with Crippen molar-refractivity contribution in [2.24, 2.45) is 5.92 Å². The van der Waals surface area contributed by atoms with Gasteiger partial charge in [-0.05, 0) is 31.7 Å². The maximum Gasteiger partial charge on any atom is 0.270 e. The first-order chi connectivity index (χ1) is 8.65. The molecule has 18 heavy (non-hydrogen) atoms. The van der Waals surface area contributed by atoms with Crippen LogP contribution in [0.3, 0.4) is 0 Å². The lowest BCUT2D eigenvalue weighted by Gasteiger charge is -2.23. The molecule has 0 atom stereocenters. The quantitative estimate of drug-likeness (QED) is 0.590. The van der Waals surface area contributed by atoms with Gasteiger partial charge in [0.05, 0.1) is 16.2 Å². The highest BCUT2D eigenvalue weighted by molar-refractivity contribution is 5.63. The van der Waals surface area contributed by atoms with Crippen molar-refractivity contribution in [1.29, 1.82) is 5.26 Å². The van der Waals surface area contributed by atoms with Crippen molar-refractivity contribution < 1.29 is 4.92 Å². The minimum absolute atomic E-state index is 0.0298. The smallest absolute Gasteiger partial charge is 0.270 e. The van der Waals surface area contributed by atoms with E-state index in [1.54, 1.807) is 6.07 Å². The summed E-state index contributed by atoms with van der Waals surface area (Å²) in [5, 5.41) is 19.8. The molecule has 0 aromatic heterocycles. The van der Waals surface area contributed by atoms with E-state index in [2.05, 4.69) is 11.0 Å². The van der Waals surface area contributed by atoms with E-state index in [1.165, 1.54) is 25.0 Å². The Labute approximate surface area is 106 Å². The van der Waals surface area contributed by atoms with E-state index >= 15 is 0 Å². The van der Waals surface area contributed by atoms with Gasteiger partial charge in [-0.25, -0.2) is 0 Å². The van der Waals surface area contributed by atoms with Crippen LogP contribution in [0.5, 0.6) is 0 Å². The average molecular weight is 245 g/mol. The van der Waals surface area contributed by atoms with Crippen LogP contribution in [0, 0.1) is 27.4 Å². The zero-order valence-corrected chi connectivity index (χ0v) is 10.3. The Morgan fingerprint density at radius 2 is 2.28 bits per heavy atom. The molecule has 0 bridgehead atoms. The number of hydrogen-bond acceptors (Lipinski definition) is 4. The van der Waals surface area contributed by atoms with Crippen LogP contribution in [0.15, 0.2) is 18.2 Å². The van der Waals surface area contributed by atoms with Crippen molar-refractivity contribution in [3.63, 3.8) is 0 Å². The molecule has 0 spiro atoms. The van der Waals surface area contributed by atoms with Crippen LogP contribution in [0.1, 0.15) is 25.3 Å². The van der Waals surface area contributed by atoms with Crippen LogP contribution in [-0.4, -0.2) is 18.0 Å². The molecule has 0 radical (unpaired) electrons. The second kappa shape index (κ2) is 5.05. The predicted octanol–water partition coefficient (Wildman–Crippen LogP) is 2.70. The molecular weight excluding hydrogens is 230 g/mol. The van der Waals surface area contributed by atoms with Gasteiger partial charge < -0.3 is 4.90 Å². The molecule has 94 valence electrons. The molecule has 0 N–H and O–H groups in total. The molecule has 0 saturated heterocycles. The highest BCUT2D eigenvalue weighted by Gasteiger charge is 2.25. The third-order valence-corrected chi connectivity index (χ3v) is 3.21. The lowest BCUT2D eigenvalue weighted by Crippen LogP contribution is -2.26. The second-order valence-corrected chi connectivity index (χ2v) is 4.55. The monoisotopic (exact) mass is 245 g/mol. The summed E-state index contributed by atoms with van der Waals surface area (Å²) in [6.45, 7) is 3.77. The fourth-order valence-electron chi connectivity index (χ4n) is 2.01. The standard InChI is InChI=1S/C13H15N3O2/c1-2-15(9-10-3-4-10)13-6-5-12(16(17)18)7-11(13)8-14/h5-7,10H,2-4,9H2,1H3. The molecule has 0 unspecified atom stereocenters. The van der Waals surface area contributed by atoms with E-state index in [1.807, 2.05) is 6.92 Å². The van der Waals surface area contributed by atoms with Gasteiger partial charge in [0, 0.05) is 25.2 Å². The number of nitrogens with zero attached hydrogens (tertiary/aromatic N) is 3. The van der Waals surface area contributed by atoms with Crippen molar-refractivity contribution in [2.45, 2.75) is 19.8 Å². The van der Waals surface area contributed by atoms with E-state index in [9.17, 15) is 10.1 Å². The van der Waals surface area contributed by atoms with Crippen molar-refractivity contribution in [3.05, 3.63) is 33.9 Å². The van der Waals surface area contributed by atoms with E-state index in [-0.39, 0.29) is 5.69 Å². The van der Waals surface area contributed by atoms with Crippen molar-refractivity contribution in [2.75, 3.05) is 18.0 Å². The van der Waals surface area contributed by atoms with Crippen LogP contribution in [-0.2, 0) is 0 Å². The van der Waals surface area contributed by atoms with Crippen molar-refractivity contribution in [3.8, 4) is 6.07 Å². The van der Waals surface area contributed by atoms with Crippen LogP contribution in [0.4, 0.5) is 11.4 Å². The van der Waals surface area contributed by atoms with Gasteiger partial charge in [0.25, 0.3) is 5.69 Å². The van der Waals surface area contributed by atoms with Crippen LogP contribution >= 0.6 is 0 Å². The first-order valence-corrected chi connectivity index (χ1v) is 6.09. The van der Waals surface area contributed by atoms with Crippen LogP contribution < -0.4 is 4.90 Å². The maximum absolute atomic E-state index is 10.7. The largest absolute Gasteiger partial charge is 0.370 e. The maximum atomic E-state index is 10.7. The van der Waals surface area contributed by atoms with Crippen LogP contribution in [0.25, 0.3) is 0 Å². The number of nitriles is 1. The van der Waals surface area contributed by atoms with Gasteiger partial charge in [-0.2, -0.15) is 5.26 Å². The Bertz CT molecular complexity index is 503. The predicted molar refractivity (Wildman–Crippen MR) is 68.4 cm³/mol. The summed E-state index contributed by atoms with van der Waals surface area (Å²) in [5.74, 6) is 0.715. The topological polar surface area (TPSA) is 70.2 Å². The molecule has 2 rings (SSSR count). The summed E-state index contributed by atoms with van der Waals surface area (Å²) in [6, 6.07) is 6.55. The van der Waals surface area contributed by atoms with Crippen molar-refractivity contribution >= 4 is 11.4 Å². The summed E-state index contributed by atoms with van der Waals surface area (Å²) in [4.78, 5) is 12.3. The minimum atomic E-state index is -0.470. The molecule has 0 amide bonds. The minimum Gasteiger partial charge on any atom is -0.370 e. The summed E-state index contributed by atoms with van der Waals surface area (Å²) < 4.78 is 0. The number of hydrogen-bond donors (Lipinski definition) is 0. The molecule has 0 heterocycles. The number of non-ortho nitro benzene ring substituents is 1. The third-order valence-electron chi connectivity index (χ3n) is 3.21. The number of rotatable bonds is 5. The van der Waals surface area contributed by atoms with Gasteiger partial charge in [-0.3, -0.25) is 10.1 Å². The van der Waals surface area contributed by atoms with Crippen LogP contribution in [0.2, 0.25) is 0 Å².